The van der Waals surface area contributed by atoms with E-state index in [2.05, 4.69) is 0 Å². The summed E-state index contributed by atoms with van der Waals surface area (Å²) in [6.07, 6.45) is 0. The van der Waals surface area contributed by atoms with Crippen molar-refractivity contribution in [1.82, 2.24) is 0 Å². The number of benzene rings is 1. The van der Waals surface area contributed by atoms with E-state index in [1.54, 1.807) is 17.0 Å². The molecule has 0 aliphatic heterocycles. The highest BCUT2D eigenvalue weighted by Gasteiger charge is 2.21. The molecule has 0 aliphatic carbocycles. The first kappa shape index (κ1) is 12.7. The lowest BCUT2D eigenvalue weighted by atomic mass is 10.2. The van der Waals surface area contributed by atoms with Crippen molar-refractivity contribution < 1.29 is 10.0 Å². The minimum absolute atomic E-state index is 0.0580. The average molecular weight is 245 g/mol. The summed E-state index contributed by atoms with van der Waals surface area (Å²) in [7, 11) is 0. The van der Waals surface area contributed by atoms with Crippen LogP contribution in [0.3, 0.4) is 0 Å². The molecule has 0 spiro atoms. The van der Waals surface area contributed by atoms with Crippen LogP contribution in [0.15, 0.2) is 18.2 Å². The number of likely N-dealkylation sites (N-methyl/N-ethyl adjacent to an activating group) is 1. The molecule has 0 saturated heterocycles. The standard InChI is InChI=1S/C10H13ClN2O3/c1-2-12(6-7-14)9-5-3-4-8(11)10(9)13(15)16/h3-5,14H,2,6-7H2,1H3. The van der Waals surface area contributed by atoms with Crippen LogP contribution in [-0.2, 0) is 0 Å². The molecule has 0 aliphatic rings. The highest BCUT2D eigenvalue weighted by molar-refractivity contribution is 6.33. The minimum atomic E-state index is -0.502. The zero-order valence-electron chi connectivity index (χ0n) is 8.89. The Morgan fingerprint density at radius 2 is 2.25 bits per heavy atom. The number of aliphatic hydroxyl groups excluding tert-OH is 1. The van der Waals surface area contributed by atoms with E-state index < -0.39 is 4.92 Å². The van der Waals surface area contributed by atoms with E-state index in [1.165, 1.54) is 6.07 Å². The molecule has 0 unspecified atom stereocenters. The predicted molar refractivity (Wildman–Crippen MR) is 63.1 cm³/mol. The Labute approximate surface area is 98.4 Å². The van der Waals surface area contributed by atoms with Crippen molar-refractivity contribution in [2.45, 2.75) is 6.92 Å². The van der Waals surface area contributed by atoms with Gasteiger partial charge in [0, 0.05) is 13.1 Å². The number of nitro groups is 1. The molecule has 0 fully saturated rings. The van der Waals surface area contributed by atoms with Gasteiger partial charge in [-0.1, -0.05) is 17.7 Å². The molecule has 0 radical (unpaired) electrons. The molecule has 1 rings (SSSR count). The Morgan fingerprint density at radius 1 is 1.56 bits per heavy atom. The summed E-state index contributed by atoms with van der Waals surface area (Å²) in [4.78, 5) is 12.1. The highest BCUT2D eigenvalue weighted by atomic mass is 35.5. The number of rotatable bonds is 5. The lowest BCUT2D eigenvalue weighted by Crippen LogP contribution is -2.26. The number of para-hydroxylation sites is 1. The first-order valence-corrected chi connectivity index (χ1v) is 5.28. The van der Waals surface area contributed by atoms with Crippen molar-refractivity contribution in [1.29, 1.82) is 0 Å². The van der Waals surface area contributed by atoms with E-state index in [4.69, 9.17) is 16.7 Å². The maximum absolute atomic E-state index is 10.9. The molecule has 5 nitrogen and oxygen atoms in total. The summed E-state index contributed by atoms with van der Waals surface area (Å²) < 4.78 is 0. The van der Waals surface area contributed by atoms with E-state index in [0.29, 0.717) is 18.8 Å². The van der Waals surface area contributed by atoms with Crippen LogP contribution in [-0.4, -0.2) is 29.7 Å². The molecule has 0 saturated carbocycles. The second kappa shape index (κ2) is 5.67. The minimum Gasteiger partial charge on any atom is -0.395 e. The molecule has 16 heavy (non-hydrogen) atoms. The van der Waals surface area contributed by atoms with E-state index in [9.17, 15) is 10.1 Å². The van der Waals surface area contributed by atoms with Crippen LogP contribution < -0.4 is 4.90 Å². The van der Waals surface area contributed by atoms with Gasteiger partial charge in [-0.2, -0.15) is 0 Å². The molecule has 0 amide bonds. The van der Waals surface area contributed by atoms with Gasteiger partial charge in [-0.3, -0.25) is 10.1 Å². The molecule has 0 aromatic heterocycles. The van der Waals surface area contributed by atoms with Crippen molar-refractivity contribution in [2.75, 3.05) is 24.6 Å². The van der Waals surface area contributed by atoms with E-state index >= 15 is 0 Å². The Bertz CT molecular complexity index is 384. The van der Waals surface area contributed by atoms with Gasteiger partial charge in [0.15, 0.2) is 0 Å². The summed E-state index contributed by atoms with van der Waals surface area (Å²) >= 11 is 5.79. The molecule has 0 heterocycles. The van der Waals surface area contributed by atoms with Crippen LogP contribution in [0.4, 0.5) is 11.4 Å². The Balaban J connectivity index is 3.20. The first-order valence-electron chi connectivity index (χ1n) is 4.90. The van der Waals surface area contributed by atoms with Gasteiger partial charge in [0.25, 0.3) is 0 Å². The van der Waals surface area contributed by atoms with Crippen molar-refractivity contribution in [3.63, 3.8) is 0 Å². The van der Waals surface area contributed by atoms with Crippen molar-refractivity contribution >= 4 is 23.0 Å². The highest BCUT2D eigenvalue weighted by Crippen LogP contribution is 2.34. The SMILES string of the molecule is CCN(CCO)c1cccc(Cl)c1[N+](=O)[O-]. The van der Waals surface area contributed by atoms with Crippen LogP contribution in [0.2, 0.25) is 5.02 Å². The van der Waals surface area contributed by atoms with E-state index in [-0.39, 0.29) is 17.3 Å². The fourth-order valence-electron chi connectivity index (χ4n) is 1.51. The maximum Gasteiger partial charge on any atom is 0.310 e. The topological polar surface area (TPSA) is 66.6 Å². The monoisotopic (exact) mass is 244 g/mol. The van der Waals surface area contributed by atoms with Crippen LogP contribution in [0.25, 0.3) is 0 Å². The van der Waals surface area contributed by atoms with Gasteiger partial charge < -0.3 is 10.0 Å². The fraction of sp³-hybridized carbons (Fsp3) is 0.400. The zero-order chi connectivity index (χ0) is 12.1. The van der Waals surface area contributed by atoms with Gasteiger partial charge >= 0.3 is 5.69 Å². The van der Waals surface area contributed by atoms with Gasteiger partial charge in [0.2, 0.25) is 0 Å². The van der Waals surface area contributed by atoms with Crippen LogP contribution in [0.1, 0.15) is 6.92 Å². The maximum atomic E-state index is 10.9. The first-order chi connectivity index (χ1) is 7.61. The number of halogens is 1. The quantitative estimate of drug-likeness (QED) is 0.636. The number of anilines is 1. The summed E-state index contributed by atoms with van der Waals surface area (Å²) in [5.74, 6) is 0. The third-order valence-electron chi connectivity index (χ3n) is 2.24. The predicted octanol–water partition coefficient (Wildman–Crippen LogP) is 2.07. The molecule has 1 N–H and O–H groups in total. The van der Waals surface area contributed by atoms with Gasteiger partial charge in [0.05, 0.1) is 11.5 Å². The van der Waals surface area contributed by atoms with Crippen LogP contribution >= 0.6 is 11.6 Å². The molecular formula is C10H13ClN2O3. The number of nitro benzene ring substituents is 1. The smallest absolute Gasteiger partial charge is 0.310 e. The summed E-state index contributed by atoms with van der Waals surface area (Å²) in [6.45, 7) is 2.72. The molecule has 0 atom stereocenters. The van der Waals surface area contributed by atoms with E-state index in [1.807, 2.05) is 6.92 Å². The second-order valence-corrected chi connectivity index (χ2v) is 3.58. The Kier molecular flexibility index (Phi) is 4.52. The van der Waals surface area contributed by atoms with E-state index in [0.717, 1.165) is 0 Å². The van der Waals surface area contributed by atoms with Gasteiger partial charge in [-0.15, -0.1) is 0 Å². The van der Waals surface area contributed by atoms with Crippen molar-refractivity contribution in [3.8, 4) is 0 Å². The van der Waals surface area contributed by atoms with Crippen LogP contribution in [0, 0.1) is 10.1 Å². The molecule has 1 aromatic rings. The number of hydrogen-bond acceptors (Lipinski definition) is 4. The second-order valence-electron chi connectivity index (χ2n) is 3.17. The lowest BCUT2D eigenvalue weighted by molar-refractivity contribution is -0.384. The molecule has 1 aromatic carbocycles. The molecule has 88 valence electrons. The van der Waals surface area contributed by atoms with Crippen molar-refractivity contribution in [3.05, 3.63) is 33.3 Å². The van der Waals surface area contributed by atoms with Crippen LogP contribution in [0.5, 0.6) is 0 Å². The Hall–Kier alpha value is -1.33. The third kappa shape index (κ3) is 2.62. The molecular weight excluding hydrogens is 232 g/mol. The zero-order valence-corrected chi connectivity index (χ0v) is 9.65. The molecule has 6 heteroatoms. The summed E-state index contributed by atoms with van der Waals surface area (Å²) in [5, 5.41) is 19.9. The average Bonchev–Trinajstić information content (AvgIpc) is 2.25. The summed E-state index contributed by atoms with van der Waals surface area (Å²) in [5.41, 5.74) is 0.327. The number of hydrogen-bond donors (Lipinski definition) is 1. The normalized spacial score (nSPS) is 10.2. The Morgan fingerprint density at radius 3 is 2.75 bits per heavy atom. The number of nitrogens with zero attached hydrogens (tertiary/aromatic N) is 2. The van der Waals surface area contributed by atoms with Gasteiger partial charge in [-0.25, -0.2) is 0 Å². The lowest BCUT2D eigenvalue weighted by Gasteiger charge is -2.21. The third-order valence-corrected chi connectivity index (χ3v) is 2.55. The van der Waals surface area contributed by atoms with Gasteiger partial charge in [-0.05, 0) is 19.1 Å². The summed E-state index contributed by atoms with van der Waals surface area (Å²) in [6, 6.07) is 4.77. The van der Waals surface area contributed by atoms with Gasteiger partial charge in [0.1, 0.15) is 10.7 Å². The molecule has 0 bridgehead atoms. The largest absolute Gasteiger partial charge is 0.395 e. The van der Waals surface area contributed by atoms with Crippen molar-refractivity contribution in [2.24, 2.45) is 0 Å². The number of aliphatic hydroxyl groups is 1. The fourth-order valence-corrected chi connectivity index (χ4v) is 1.75.